The van der Waals surface area contributed by atoms with Crippen LogP contribution in [0.3, 0.4) is 0 Å². The van der Waals surface area contributed by atoms with Crippen LogP contribution in [0.15, 0.2) is 18.2 Å². The highest BCUT2D eigenvalue weighted by Gasteiger charge is 2.25. The van der Waals surface area contributed by atoms with Crippen LogP contribution < -0.4 is 15.8 Å². The number of carbonyl (C=O) groups is 1. The summed E-state index contributed by atoms with van der Waals surface area (Å²) in [4.78, 5) is 14.2. The van der Waals surface area contributed by atoms with Gasteiger partial charge in [-0.3, -0.25) is 9.69 Å². The molecule has 0 spiro atoms. The lowest BCUT2D eigenvalue weighted by molar-refractivity contribution is -0.117. The van der Waals surface area contributed by atoms with E-state index in [2.05, 4.69) is 33.0 Å². The lowest BCUT2D eigenvalue weighted by atomic mass is 9.87. The molecule has 0 aliphatic rings. The van der Waals surface area contributed by atoms with Crippen LogP contribution in [0.5, 0.6) is 5.75 Å². The Morgan fingerprint density at radius 1 is 1.43 bits per heavy atom. The van der Waals surface area contributed by atoms with Crippen molar-refractivity contribution in [3.63, 3.8) is 0 Å². The summed E-state index contributed by atoms with van der Waals surface area (Å²) >= 11 is 0. The van der Waals surface area contributed by atoms with E-state index in [9.17, 15) is 4.79 Å². The Balaban J connectivity index is 2.70. The van der Waals surface area contributed by atoms with Crippen molar-refractivity contribution in [1.29, 1.82) is 0 Å². The van der Waals surface area contributed by atoms with E-state index >= 15 is 0 Å². The maximum absolute atomic E-state index is 12.2. The van der Waals surface area contributed by atoms with Gasteiger partial charge in [0.1, 0.15) is 5.75 Å². The summed E-state index contributed by atoms with van der Waals surface area (Å²) < 4.78 is 5.23. The maximum atomic E-state index is 12.2. The molecule has 0 aliphatic heterocycles. The number of ether oxygens (including phenoxy) is 1. The van der Waals surface area contributed by atoms with Crippen molar-refractivity contribution < 1.29 is 9.53 Å². The van der Waals surface area contributed by atoms with E-state index < -0.39 is 0 Å². The van der Waals surface area contributed by atoms with Gasteiger partial charge in [0.05, 0.1) is 19.3 Å². The van der Waals surface area contributed by atoms with Gasteiger partial charge in [-0.05, 0) is 31.5 Å². The minimum Gasteiger partial charge on any atom is -0.494 e. The number of hydrogen-bond acceptors (Lipinski definition) is 4. The van der Waals surface area contributed by atoms with E-state index in [0.717, 1.165) is 0 Å². The number of likely N-dealkylation sites (N-methyl/N-ethyl adjacent to an activating group) is 1. The van der Waals surface area contributed by atoms with Gasteiger partial charge in [0.25, 0.3) is 0 Å². The average molecular weight is 293 g/mol. The van der Waals surface area contributed by atoms with Crippen molar-refractivity contribution in [3.05, 3.63) is 18.2 Å². The number of nitrogens with two attached hydrogens (primary N) is 1. The molecule has 1 aromatic rings. The molecule has 1 aromatic carbocycles. The van der Waals surface area contributed by atoms with Crippen LogP contribution in [0, 0.1) is 5.41 Å². The number of nitrogens with zero attached hydrogens (tertiary/aromatic N) is 1. The zero-order valence-electron chi connectivity index (χ0n) is 13.9. The van der Waals surface area contributed by atoms with Gasteiger partial charge >= 0.3 is 0 Å². The van der Waals surface area contributed by atoms with E-state index in [0.29, 0.717) is 23.7 Å². The Labute approximate surface area is 127 Å². The minimum absolute atomic E-state index is 0.0725. The first-order chi connectivity index (χ1) is 9.65. The molecule has 5 nitrogen and oxygen atoms in total. The number of nitrogens with one attached hydrogen (secondary N) is 1. The number of benzene rings is 1. The van der Waals surface area contributed by atoms with Gasteiger partial charge in [0.15, 0.2) is 0 Å². The zero-order chi connectivity index (χ0) is 16.2. The van der Waals surface area contributed by atoms with Crippen LogP contribution >= 0.6 is 0 Å². The molecule has 1 amide bonds. The highest BCUT2D eigenvalue weighted by atomic mass is 16.5. The standard InChI is InChI=1S/C16H27N3O2/c1-11(16(2,3)4)19(5)10-15(20)18-13-8-7-12(17)9-14(13)21-6/h7-9,11H,10,17H2,1-6H3,(H,18,20). The van der Waals surface area contributed by atoms with Crippen LogP contribution in [-0.4, -0.2) is 37.6 Å². The van der Waals surface area contributed by atoms with E-state index in [1.807, 2.05) is 11.9 Å². The molecule has 0 saturated carbocycles. The van der Waals surface area contributed by atoms with Crippen LogP contribution in [0.2, 0.25) is 0 Å². The van der Waals surface area contributed by atoms with Crippen molar-refractivity contribution in [2.75, 3.05) is 31.8 Å². The molecule has 3 N–H and O–H groups in total. The zero-order valence-corrected chi connectivity index (χ0v) is 13.9. The summed E-state index contributed by atoms with van der Waals surface area (Å²) in [6, 6.07) is 5.47. The Bertz CT molecular complexity index is 495. The molecule has 21 heavy (non-hydrogen) atoms. The summed E-state index contributed by atoms with van der Waals surface area (Å²) in [6.45, 7) is 8.93. The van der Waals surface area contributed by atoms with Gasteiger partial charge in [-0.2, -0.15) is 0 Å². The van der Waals surface area contributed by atoms with Crippen molar-refractivity contribution in [1.82, 2.24) is 4.90 Å². The second-order valence-electron chi connectivity index (χ2n) is 6.47. The molecule has 1 unspecified atom stereocenters. The van der Waals surface area contributed by atoms with Gasteiger partial charge in [-0.25, -0.2) is 0 Å². The summed E-state index contributed by atoms with van der Waals surface area (Å²) in [5.41, 5.74) is 7.05. The predicted molar refractivity (Wildman–Crippen MR) is 87.6 cm³/mol. The number of nitrogen functional groups attached to an aromatic ring is 1. The highest BCUT2D eigenvalue weighted by molar-refractivity contribution is 5.94. The molecule has 1 atom stereocenters. The first-order valence-electron chi connectivity index (χ1n) is 7.08. The van der Waals surface area contributed by atoms with Crippen molar-refractivity contribution in [2.24, 2.45) is 5.41 Å². The third kappa shape index (κ3) is 4.93. The smallest absolute Gasteiger partial charge is 0.238 e. The Morgan fingerprint density at radius 3 is 2.57 bits per heavy atom. The molecule has 1 rings (SSSR count). The van der Waals surface area contributed by atoms with Crippen LogP contribution in [0.1, 0.15) is 27.7 Å². The first kappa shape index (κ1) is 17.3. The molecule has 0 aliphatic carbocycles. The SMILES string of the molecule is COc1cc(N)ccc1NC(=O)CN(C)C(C)C(C)(C)C. The topological polar surface area (TPSA) is 67.6 Å². The molecular formula is C16H27N3O2. The molecule has 0 aromatic heterocycles. The summed E-state index contributed by atoms with van der Waals surface area (Å²) in [5.74, 6) is 0.492. The monoisotopic (exact) mass is 293 g/mol. The highest BCUT2D eigenvalue weighted by Crippen LogP contribution is 2.27. The summed E-state index contributed by atoms with van der Waals surface area (Å²) in [7, 11) is 3.51. The molecule has 5 heteroatoms. The van der Waals surface area contributed by atoms with Crippen molar-refractivity contribution in [2.45, 2.75) is 33.7 Å². The van der Waals surface area contributed by atoms with E-state index in [-0.39, 0.29) is 17.4 Å². The fourth-order valence-corrected chi connectivity index (χ4v) is 2.03. The minimum atomic E-state index is -0.0725. The molecule has 0 heterocycles. The van der Waals surface area contributed by atoms with E-state index in [4.69, 9.17) is 10.5 Å². The molecule has 0 fully saturated rings. The Morgan fingerprint density at radius 2 is 2.05 bits per heavy atom. The molecule has 118 valence electrons. The number of methoxy groups -OCH3 is 1. The number of rotatable bonds is 5. The fraction of sp³-hybridized carbons (Fsp3) is 0.562. The molecule has 0 radical (unpaired) electrons. The average Bonchev–Trinajstić information content (AvgIpc) is 2.38. The van der Waals surface area contributed by atoms with Crippen molar-refractivity contribution >= 4 is 17.3 Å². The van der Waals surface area contributed by atoms with Crippen LogP contribution in [0.25, 0.3) is 0 Å². The van der Waals surface area contributed by atoms with Crippen LogP contribution in [0.4, 0.5) is 11.4 Å². The summed E-state index contributed by atoms with van der Waals surface area (Å²) in [6.07, 6.45) is 0. The Kier molecular flexibility index (Phi) is 5.61. The number of hydrogen-bond donors (Lipinski definition) is 2. The Hall–Kier alpha value is -1.75. The molecule has 0 saturated heterocycles. The molecule has 0 bridgehead atoms. The quantitative estimate of drug-likeness (QED) is 0.819. The van der Waals surface area contributed by atoms with E-state index in [1.54, 1.807) is 25.3 Å². The van der Waals surface area contributed by atoms with Gasteiger partial charge in [-0.15, -0.1) is 0 Å². The third-order valence-corrected chi connectivity index (χ3v) is 3.81. The second-order valence-corrected chi connectivity index (χ2v) is 6.47. The third-order valence-electron chi connectivity index (χ3n) is 3.81. The lowest BCUT2D eigenvalue weighted by Gasteiger charge is -2.34. The van der Waals surface area contributed by atoms with Gasteiger partial charge < -0.3 is 15.8 Å². The fourth-order valence-electron chi connectivity index (χ4n) is 2.03. The van der Waals surface area contributed by atoms with Crippen LogP contribution in [-0.2, 0) is 4.79 Å². The van der Waals surface area contributed by atoms with Gasteiger partial charge in [-0.1, -0.05) is 20.8 Å². The van der Waals surface area contributed by atoms with Gasteiger partial charge in [0, 0.05) is 17.8 Å². The predicted octanol–water partition coefficient (Wildman–Crippen LogP) is 2.58. The van der Waals surface area contributed by atoms with Gasteiger partial charge in [0.2, 0.25) is 5.91 Å². The normalized spacial score (nSPS) is 13.1. The maximum Gasteiger partial charge on any atom is 0.238 e. The first-order valence-corrected chi connectivity index (χ1v) is 7.08. The largest absolute Gasteiger partial charge is 0.494 e. The van der Waals surface area contributed by atoms with Crippen molar-refractivity contribution in [3.8, 4) is 5.75 Å². The number of carbonyl (C=O) groups excluding carboxylic acids is 1. The number of amides is 1. The van der Waals surface area contributed by atoms with E-state index in [1.165, 1.54) is 0 Å². The molecular weight excluding hydrogens is 266 g/mol. The second kappa shape index (κ2) is 6.80. The lowest BCUT2D eigenvalue weighted by Crippen LogP contribution is -2.43. The number of anilines is 2. The summed E-state index contributed by atoms with van der Waals surface area (Å²) in [5, 5.41) is 2.86.